The van der Waals surface area contributed by atoms with Gasteiger partial charge in [0.2, 0.25) is 5.88 Å². The molecule has 2 heterocycles. The summed E-state index contributed by atoms with van der Waals surface area (Å²) in [6.45, 7) is 2.93. The SMILES string of the molecule is COc1ccc(NCCc2scnc2C)cn1. The number of rotatable bonds is 5. The van der Waals surface area contributed by atoms with Crippen LogP contribution in [-0.4, -0.2) is 23.6 Å². The van der Waals surface area contributed by atoms with Gasteiger partial charge in [0.05, 0.1) is 30.2 Å². The van der Waals surface area contributed by atoms with E-state index in [4.69, 9.17) is 4.74 Å². The average Bonchev–Trinajstić information content (AvgIpc) is 2.76. The average molecular weight is 249 g/mol. The summed E-state index contributed by atoms with van der Waals surface area (Å²) >= 11 is 1.70. The maximum absolute atomic E-state index is 5.00. The fourth-order valence-corrected chi connectivity index (χ4v) is 2.27. The minimum Gasteiger partial charge on any atom is -0.481 e. The lowest BCUT2D eigenvalue weighted by atomic mass is 10.3. The van der Waals surface area contributed by atoms with Crippen LogP contribution in [0.15, 0.2) is 23.8 Å². The molecule has 0 saturated heterocycles. The number of pyridine rings is 1. The number of aromatic nitrogens is 2. The molecule has 0 aromatic carbocycles. The summed E-state index contributed by atoms with van der Waals surface area (Å²) in [5.41, 5.74) is 4.03. The van der Waals surface area contributed by atoms with Gasteiger partial charge in [-0.25, -0.2) is 9.97 Å². The van der Waals surface area contributed by atoms with E-state index in [1.165, 1.54) is 4.88 Å². The van der Waals surface area contributed by atoms with E-state index in [9.17, 15) is 0 Å². The topological polar surface area (TPSA) is 47.0 Å². The maximum atomic E-state index is 5.00. The van der Waals surface area contributed by atoms with Crippen LogP contribution in [-0.2, 0) is 6.42 Å². The Kier molecular flexibility index (Phi) is 3.93. The van der Waals surface area contributed by atoms with Crippen LogP contribution in [0.3, 0.4) is 0 Å². The first-order chi connectivity index (χ1) is 8.29. The van der Waals surface area contributed by atoms with Gasteiger partial charge in [-0.05, 0) is 13.0 Å². The summed E-state index contributed by atoms with van der Waals surface area (Å²) in [5, 5.41) is 3.32. The van der Waals surface area contributed by atoms with Crippen molar-refractivity contribution < 1.29 is 4.74 Å². The number of methoxy groups -OCH3 is 1. The normalized spacial score (nSPS) is 10.2. The third kappa shape index (κ3) is 3.17. The molecule has 0 spiro atoms. The van der Waals surface area contributed by atoms with Crippen LogP contribution in [0.5, 0.6) is 5.88 Å². The molecule has 0 atom stereocenters. The molecule has 0 saturated carbocycles. The summed E-state index contributed by atoms with van der Waals surface area (Å²) in [5.74, 6) is 0.633. The first kappa shape index (κ1) is 11.9. The lowest BCUT2D eigenvalue weighted by Gasteiger charge is -2.06. The Morgan fingerprint density at radius 1 is 1.35 bits per heavy atom. The van der Waals surface area contributed by atoms with E-state index < -0.39 is 0 Å². The smallest absolute Gasteiger partial charge is 0.213 e. The van der Waals surface area contributed by atoms with Crippen molar-refractivity contribution in [1.29, 1.82) is 0 Å². The molecule has 4 nitrogen and oxygen atoms in total. The van der Waals surface area contributed by atoms with E-state index in [0.29, 0.717) is 5.88 Å². The molecule has 0 radical (unpaired) electrons. The van der Waals surface area contributed by atoms with Crippen molar-refractivity contribution in [3.8, 4) is 5.88 Å². The van der Waals surface area contributed by atoms with Crippen molar-refractivity contribution in [1.82, 2.24) is 9.97 Å². The number of anilines is 1. The Balaban J connectivity index is 1.83. The Hall–Kier alpha value is -1.62. The number of aryl methyl sites for hydroxylation is 1. The number of thiazole rings is 1. The zero-order chi connectivity index (χ0) is 12.1. The van der Waals surface area contributed by atoms with E-state index in [2.05, 4.69) is 15.3 Å². The van der Waals surface area contributed by atoms with Gasteiger partial charge in [0.15, 0.2) is 0 Å². The van der Waals surface area contributed by atoms with Crippen LogP contribution in [0.2, 0.25) is 0 Å². The Morgan fingerprint density at radius 3 is 2.82 bits per heavy atom. The molecule has 0 amide bonds. The second kappa shape index (κ2) is 5.63. The lowest BCUT2D eigenvalue weighted by Crippen LogP contribution is -2.05. The standard InChI is InChI=1S/C12H15N3OS/c1-9-11(17-8-15-9)5-6-13-10-3-4-12(16-2)14-7-10/h3-4,7-8,13H,5-6H2,1-2H3. The van der Waals surface area contributed by atoms with Gasteiger partial charge in [-0.1, -0.05) is 0 Å². The maximum Gasteiger partial charge on any atom is 0.213 e. The van der Waals surface area contributed by atoms with Gasteiger partial charge in [-0.15, -0.1) is 11.3 Å². The molecule has 17 heavy (non-hydrogen) atoms. The molecule has 0 aliphatic rings. The van der Waals surface area contributed by atoms with Gasteiger partial charge in [-0.3, -0.25) is 0 Å². The Bertz CT molecular complexity index is 467. The van der Waals surface area contributed by atoms with Crippen molar-refractivity contribution >= 4 is 17.0 Å². The van der Waals surface area contributed by atoms with Crippen molar-refractivity contribution in [3.05, 3.63) is 34.4 Å². The van der Waals surface area contributed by atoms with Gasteiger partial charge < -0.3 is 10.1 Å². The number of nitrogens with zero attached hydrogens (tertiary/aromatic N) is 2. The summed E-state index contributed by atoms with van der Waals surface area (Å²) < 4.78 is 5.00. The zero-order valence-electron chi connectivity index (χ0n) is 9.93. The molecule has 5 heteroatoms. The summed E-state index contributed by atoms with van der Waals surface area (Å²) in [7, 11) is 1.61. The molecule has 2 aromatic heterocycles. The van der Waals surface area contributed by atoms with Gasteiger partial charge in [0, 0.05) is 23.9 Å². The number of ether oxygens (including phenoxy) is 1. The van der Waals surface area contributed by atoms with Crippen molar-refractivity contribution in [2.75, 3.05) is 19.0 Å². The first-order valence-electron chi connectivity index (χ1n) is 5.42. The number of hydrogen-bond acceptors (Lipinski definition) is 5. The molecular weight excluding hydrogens is 234 g/mol. The molecule has 2 aromatic rings. The third-order valence-corrected chi connectivity index (χ3v) is 3.47. The van der Waals surface area contributed by atoms with Crippen LogP contribution in [0.25, 0.3) is 0 Å². The second-order valence-corrected chi connectivity index (χ2v) is 4.57. The third-order valence-electron chi connectivity index (χ3n) is 2.47. The predicted molar refractivity (Wildman–Crippen MR) is 69.8 cm³/mol. The minimum atomic E-state index is 0.633. The zero-order valence-corrected chi connectivity index (χ0v) is 10.8. The Morgan fingerprint density at radius 2 is 2.24 bits per heavy atom. The lowest BCUT2D eigenvalue weighted by molar-refractivity contribution is 0.398. The quantitative estimate of drug-likeness (QED) is 0.884. The molecule has 0 aliphatic carbocycles. The van der Waals surface area contributed by atoms with Crippen molar-refractivity contribution in [2.45, 2.75) is 13.3 Å². The molecule has 1 N–H and O–H groups in total. The van der Waals surface area contributed by atoms with Crippen LogP contribution >= 0.6 is 11.3 Å². The summed E-state index contributed by atoms with van der Waals surface area (Å²) in [6, 6.07) is 3.81. The van der Waals surface area contributed by atoms with E-state index in [1.807, 2.05) is 24.6 Å². The molecule has 0 bridgehead atoms. The van der Waals surface area contributed by atoms with Gasteiger partial charge in [-0.2, -0.15) is 0 Å². The highest BCUT2D eigenvalue weighted by atomic mass is 32.1. The number of hydrogen-bond donors (Lipinski definition) is 1. The van der Waals surface area contributed by atoms with E-state index in [1.54, 1.807) is 24.6 Å². The fraction of sp³-hybridized carbons (Fsp3) is 0.333. The van der Waals surface area contributed by atoms with E-state index in [-0.39, 0.29) is 0 Å². The highest BCUT2D eigenvalue weighted by Crippen LogP contribution is 2.14. The predicted octanol–water partition coefficient (Wildman–Crippen LogP) is 2.51. The van der Waals surface area contributed by atoms with E-state index >= 15 is 0 Å². The number of nitrogens with one attached hydrogen (secondary N) is 1. The van der Waals surface area contributed by atoms with Gasteiger partial charge >= 0.3 is 0 Å². The van der Waals surface area contributed by atoms with Crippen LogP contribution in [0.1, 0.15) is 10.6 Å². The van der Waals surface area contributed by atoms with Crippen LogP contribution in [0.4, 0.5) is 5.69 Å². The molecule has 0 fully saturated rings. The molecule has 0 aliphatic heterocycles. The molecule has 0 unspecified atom stereocenters. The van der Waals surface area contributed by atoms with Crippen LogP contribution < -0.4 is 10.1 Å². The fourth-order valence-electron chi connectivity index (χ4n) is 1.49. The first-order valence-corrected chi connectivity index (χ1v) is 6.30. The highest BCUT2D eigenvalue weighted by molar-refractivity contribution is 7.09. The highest BCUT2D eigenvalue weighted by Gasteiger charge is 2.01. The van der Waals surface area contributed by atoms with Crippen LogP contribution in [0, 0.1) is 6.92 Å². The largest absolute Gasteiger partial charge is 0.481 e. The minimum absolute atomic E-state index is 0.633. The summed E-state index contributed by atoms with van der Waals surface area (Å²) in [6.07, 6.45) is 2.76. The van der Waals surface area contributed by atoms with Crippen molar-refractivity contribution in [2.24, 2.45) is 0 Å². The monoisotopic (exact) mass is 249 g/mol. The van der Waals surface area contributed by atoms with E-state index in [0.717, 1.165) is 24.3 Å². The van der Waals surface area contributed by atoms with Gasteiger partial charge in [0.25, 0.3) is 0 Å². The van der Waals surface area contributed by atoms with Crippen molar-refractivity contribution in [3.63, 3.8) is 0 Å². The van der Waals surface area contributed by atoms with Gasteiger partial charge in [0.1, 0.15) is 0 Å². The second-order valence-electron chi connectivity index (χ2n) is 3.63. The Labute approximate surface area is 105 Å². The molecule has 90 valence electrons. The molecular formula is C12H15N3OS. The summed E-state index contributed by atoms with van der Waals surface area (Å²) in [4.78, 5) is 9.70. The molecule has 2 rings (SSSR count).